The van der Waals surface area contributed by atoms with Gasteiger partial charge in [-0.05, 0) is 12.8 Å². The van der Waals surface area contributed by atoms with Crippen LogP contribution in [0.4, 0.5) is 13.2 Å². The molecule has 0 aromatic carbocycles. The summed E-state index contributed by atoms with van der Waals surface area (Å²) < 4.78 is 39.4. The summed E-state index contributed by atoms with van der Waals surface area (Å²) in [4.78, 5) is 11.9. The van der Waals surface area contributed by atoms with Crippen LogP contribution in [0, 0.1) is 0 Å². The van der Waals surface area contributed by atoms with Crippen LogP contribution in [0.15, 0.2) is 6.20 Å². The van der Waals surface area contributed by atoms with Gasteiger partial charge in [-0.1, -0.05) is 19.3 Å². The van der Waals surface area contributed by atoms with Gasteiger partial charge in [-0.3, -0.25) is 9.48 Å². The summed E-state index contributed by atoms with van der Waals surface area (Å²) in [7, 11) is 1.39. The molecule has 1 aromatic heterocycles. The Morgan fingerprint density at radius 1 is 1.41 bits per heavy atom. The number of hydrogen-bond acceptors (Lipinski definition) is 3. The van der Waals surface area contributed by atoms with Crippen molar-refractivity contribution in [1.29, 1.82) is 0 Å². The molecule has 0 aliphatic heterocycles. The molecule has 8 heteroatoms. The predicted octanol–water partition coefficient (Wildman–Crippen LogP) is 2.14. The van der Waals surface area contributed by atoms with E-state index in [0.29, 0.717) is 12.8 Å². The van der Waals surface area contributed by atoms with Crippen molar-refractivity contribution in [3.63, 3.8) is 0 Å². The molecule has 2 N–H and O–H groups in total. The van der Waals surface area contributed by atoms with Crippen LogP contribution in [-0.2, 0) is 24.6 Å². The Bertz CT molecular complexity index is 534. The molecule has 0 atom stereocenters. The Labute approximate surface area is 126 Å². The molecule has 5 nitrogen and oxygen atoms in total. The molecule has 1 saturated carbocycles. The molecule has 124 valence electrons. The van der Waals surface area contributed by atoms with E-state index < -0.39 is 23.4 Å². The van der Waals surface area contributed by atoms with Gasteiger partial charge >= 0.3 is 6.18 Å². The highest BCUT2D eigenvalue weighted by Gasteiger charge is 2.37. The van der Waals surface area contributed by atoms with Gasteiger partial charge in [0.2, 0.25) is 5.91 Å². The topological polar surface area (TPSA) is 67.2 Å². The first-order valence-electron chi connectivity index (χ1n) is 7.28. The lowest BCUT2D eigenvalue weighted by Gasteiger charge is -2.31. The third-order valence-corrected chi connectivity index (χ3v) is 3.92. The zero-order chi connectivity index (χ0) is 16.4. The number of hydrogen-bond donors (Lipinski definition) is 2. The van der Waals surface area contributed by atoms with Gasteiger partial charge in [-0.25, -0.2) is 0 Å². The second-order valence-corrected chi connectivity index (χ2v) is 5.91. The zero-order valence-electron chi connectivity index (χ0n) is 12.4. The first-order chi connectivity index (χ1) is 10.2. The number of nitrogens with zero attached hydrogens (tertiary/aromatic N) is 2. The number of carbonyl (C=O) groups excluding carboxylic acids is 1. The van der Waals surface area contributed by atoms with E-state index in [1.54, 1.807) is 0 Å². The quantitative estimate of drug-likeness (QED) is 0.893. The summed E-state index contributed by atoms with van der Waals surface area (Å²) in [6.07, 6.45) is 0.488. The van der Waals surface area contributed by atoms with Gasteiger partial charge in [0.05, 0.1) is 12.0 Å². The van der Waals surface area contributed by atoms with Gasteiger partial charge in [0.1, 0.15) is 0 Å². The fraction of sp³-hybridized carbons (Fsp3) is 0.714. The molecule has 0 bridgehead atoms. The zero-order valence-corrected chi connectivity index (χ0v) is 12.4. The first-order valence-corrected chi connectivity index (χ1v) is 7.28. The highest BCUT2D eigenvalue weighted by Crippen LogP contribution is 2.32. The number of alkyl halides is 3. The highest BCUT2D eigenvalue weighted by molar-refractivity contribution is 5.77. The summed E-state index contributed by atoms with van der Waals surface area (Å²) >= 11 is 0. The van der Waals surface area contributed by atoms with Crippen LogP contribution in [0.2, 0.25) is 0 Å². The Balaban J connectivity index is 1.94. The van der Waals surface area contributed by atoms with Crippen molar-refractivity contribution in [2.24, 2.45) is 7.05 Å². The Morgan fingerprint density at radius 2 is 2.05 bits per heavy atom. The van der Waals surface area contributed by atoms with Crippen molar-refractivity contribution in [1.82, 2.24) is 15.1 Å². The fourth-order valence-corrected chi connectivity index (χ4v) is 2.85. The first kappa shape index (κ1) is 16.8. The van der Waals surface area contributed by atoms with E-state index in [9.17, 15) is 23.1 Å². The Kier molecular flexibility index (Phi) is 4.79. The van der Waals surface area contributed by atoms with Crippen molar-refractivity contribution in [3.05, 3.63) is 17.5 Å². The standard InChI is InChI=1S/C14H20F3N3O2/c1-20-9-10(12(19-20)14(15,16)17)8-18-11(21)7-13(22)5-3-2-4-6-13/h9,22H,2-8H2,1H3,(H,18,21). The average molecular weight is 319 g/mol. The van der Waals surface area contributed by atoms with Crippen molar-refractivity contribution in [2.75, 3.05) is 0 Å². The molecule has 2 rings (SSSR count). The number of aromatic nitrogens is 2. The molecule has 0 radical (unpaired) electrons. The second-order valence-electron chi connectivity index (χ2n) is 5.91. The van der Waals surface area contributed by atoms with Gasteiger partial charge in [0.15, 0.2) is 5.69 Å². The number of amides is 1. The third-order valence-electron chi connectivity index (χ3n) is 3.92. The van der Waals surface area contributed by atoms with Crippen LogP contribution in [0.3, 0.4) is 0 Å². The SMILES string of the molecule is Cn1cc(CNC(=O)CC2(O)CCCCC2)c(C(F)(F)F)n1. The van der Waals surface area contributed by atoms with Crippen LogP contribution in [-0.4, -0.2) is 26.4 Å². The molecular weight excluding hydrogens is 299 g/mol. The molecular formula is C14H20F3N3O2. The number of rotatable bonds is 4. The van der Waals surface area contributed by atoms with Crippen LogP contribution in [0.25, 0.3) is 0 Å². The summed E-state index contributed by atoms with van der Waals surface area (Å²) in [6.45, 7) is -0.252. The van der Waals surface area contributed by atoms with Crippen LogP contribution >= 0.6 is 0 Å². The van der Waals surface area contributed by atoms with E-state index in [1.807, 2.05) is 0 Å². The van der Waals surface area contributed by atoms with E-state index in [2.05, 4.69) is 10.4 Å². The van der Waals surface area contributed by atoms with E-state index >= 15 is 0 Å². The van der Waals surface area contributed by atoms with Crippen molar-refractivity contribution < 1.29 is 23.1 Å². The molecule has 1 fully saturated rings. The Morgan fingerprint density at radius 3 is 2.64 bits per heavy atom. The molecule has 0 spiro atoms. The number of nitrogens with one attached hydrogen (secondary N) is 1. The molecule has 0 saturated heterocycles. The van der Waals surface area contributed by atoms with Gasteiger partial charge in [-0.2, -0.15) is 18.3 Å². The van der Waals surface area contributed by atoms with Crippen LogP contribution in [0.1, 0.15) is 49.8 Å². The maximum Gasteiger partial charge on any atom is 0.435 e. The summed E-state index contributed by atoms with van der Waals surface area (Å²) in [6, 6.07) is 0. The van der Waals surface area contributed by atoms with Crippen LogP contribution < -0.4 is 5.32 Å². The minimum atomic E-state index is -4.55. The van der Waals surface area contributed by atoms with E-state index in [1.165, 1.54) is 13.2 Å². The fourth-order valence-electron chi connectivity index (χ4n) is 2.85. The van der Waals surface area contributed by atoms with Gasteiger partial charge in [0, 0.05) is 25.4 Å². The Hall–Kier alpha value is -1.57. The normalized spacial score (nSPS) is 18.2. The molecule has 22 heavy (non-hydrogen) atoms. The number of halogens is 3. The van der Waals surface area contributed by atoms with Crippen molar-refractivity contribution in [2.45, 2.75) is 56.8 Å². The molecule has 1 aromatic rings. The highest BCUT2D eigenvalue weighted by atomic mass is 19.4. The average Bonchev–Trinajstić information content (AvgIpc) is 2.78. The van der Waals surface area contributed by atoms with Crippen LogP contribution in [0.5, 0.6) is 0 Å². The minimum Gasteiger partial charge on any atom is -0.389 e. The van der Waals surface area contributed by atoms with E-state index in [4.69, 9.17) is 0 Å². The summed E-state index contributed by atoms with van der Waals surface area (Å²) in [5.41, 5.74) is -2.10. The largest absolute Gasteiger partial charge is 0.435 e. The summed E-state index contributed by atoms with van der Waals surface area (Å²) in [5.74, 6) is -0.443. The smallest absolute Gasteiger partial charge is 0.389 e. The lowest BCUT2D eigenvalue weighted by atomic mass is 9.82. The number of carbonyl (C=O) groups is 1. The molecule has 1 heterocycles. The molecule has 1 aliphatic carbocycles. The monoisotopic (exact) mass is 319 g/mol. The van der Waals surface area contributed by atoms with Gasteiger partial charge in [-0.15, -0.1) is 0 Å². The van der Waals surface area contributed by atoms with Gasteiger partial charge < -0.3 is 10.4 Å². The summed E-state index contributed by atoms with van der Waals surface area (Å²) in [5, 5.41) is 16.1. The maximum absolute atomic E-state index is 12.8. The lowest BCUT2D eigenvalue weighted by molar-refractivity contribution is -0.142. The number of aryl methyl sites for hydroxylation is 1. The maximum atomic E-state index is 12.8. The predicted molar refractivity (Wildman–Crippen MR) is 72.7 cm³/mol. The van der Waals surface area contributed by atoms with Crippen molar-refractivity contribution in [3.8, 4) is 0 Å². The third kappa shape index (κ3) is 4.22. The molecule has 1 aliphatic rings. The molecule has 0 unspecified atom stereocenters. The number of aliphatic hydroxyl groups is 1. The van der Waals surface area contributed by atoms with E-state index in [-0.39, 0.29) is 18.5 Å². The van der Waals surface area contributed by atoms with E-state index in [0.717, 1.165) is 23.9 Å². The minimum absolute atomic E-state index is 0.0748. The lowest BCUT2D eigenvalue weighted by Crippen LogP contribution is -2.38. The van der Waals surface area contributed by atoms with Crippen molar-refractivity contribution >= 4 is 5.91 Å². The second kappa shape index (κ2) is 6.28. The molecule has 1 amide bonds. The van der Waals surface area contributed by atoms with Gasteiger partial charge in [0.25, 0.3) is 0 Å².